The van der Waals surface area contributed by atoms with Crippen LogP contribution in [-0.2, 0) is 9.84 Å². The lowest BCUT2D eigenvalue weighted by Crippen LogP contribution is -2.30. The largest absolute Gasteiger partial charge is 0.358 e. The Balaban J connectivity index is 2.16. The molecule has 2 heterocycles. The van der Waals surface area contributed by atoms with Crippen LogP contribution >= 0.6 is 23.2 Å². The lowest BCUT2D eigenvalue weighted by atomic mass is 10.2. The molecular formula is C15H14Cl2N2O2S. The van der Waals surface area contributed by atoms with Crippen molar-refractivity contribution in [3.05, 3.63) is 58.5 Å². The van der Waals surface area contributed by atoms with Crippen molar-refractivity contribution in [2.24, 2.45) is 0 Å². The SMILES string of the molecule is Cc1ccc(S(=O)(=O)C2c3[nH]c(Cl)cc3C(Cl)=CN2C)cc1. The van der Waals surface area contributed by atoms with Crippen LogP contribution in [0.15, 0.2) is 41.4 Å². The highest BCUT2D eigenvalue weighted by atomic mass is 35.5. The van der Waals surface area contributed by atoms with Crippen LogP contribution in [0.2, 0.25) is 5.15 Å². The van der Waals surface area contributed by atoms with Crippen molar-refractivity contribution in [2.75, 3.05) is 7.05 Å². The first-order chi connectivity index (χ1) is 10.3. The maximum Gasteiger partial charge on any atom is 0.205 e. The number of sulfone groups is 1. The van der Waals surface area contributed by atoms with Crippen molar-refractivity contribution in [2.45, 2.75) is 17.2 Å². The van der Waals surface area contributed by atoms with Crippen LogP contribution in [0.5, 0.6) is 0 Å². The predicted octanol–water partition coefficient (Wildman–Crippen LogP) is 3.93. The van der Waals surface area contributed by atoms with Gasteiger partial charge in [-0.1, -0.05) is 40.9 Å². The predicted molar refractivity (Wildman–Crippen MR) is 88.5 cm³/mol. The summed E-state index contributed by atoms with van der Waals surface area (Å²) in [5.41, 5.74) is 2.11. The fraction of sp³-hybridized carbons (Fsp3) is 0.200. The van der Waals surface area contributed by atoms with Crippen LogP contribution in [-0.4, -0.2) is 25.3 Å². The third-order valence-electron chi connectivity index (χ3n) is 3.65. The minimum Gasteiger partial charge on any atom is -0.358 e. The third-order valence-corrected chi connectivity index (χ3v) is 6.24. The number of hydrogen-bond acceptors (Lipinski definition) is 3. The second-order valence-corrected chi connectivity index (χ2v) is 8.12. The van der Waals surface area contributed by atoms with Gasteiger partial charge in [0.2, 0.25) is 9.84 Å². The molecule has 1 unspecified atom stereocenters. The van der Waals surface area contributed by atoms with Gasteiger partial charge in [-0.2, -0.15) is 0 Å². The Hall–Kier alpha value is -1.43. The number of nitrogens with one attached hydrogen (secondary N) is 1. The zero-order valence-electron chi connectivity index (χ0n) is 12.0. The summed E-state index contributed by atoms with van der Waals surface area (Å²) in [7, 11) is -1.94. The molecule has 0 fully saturated rings. The molecule has 0 aliphatic carbocycles. The van der Waals surface area contributed by atoms with E-state index in [0.29, 0.717) is 21.4 Å². The minimum absolute atomic E-state index is 0.262. The number of H-pyrrole nitrogens is 1. The first-order valence-corrected chi connectivity index (χ1v) is 8.89. The van der Waals surface area contributed by atoms with Crippen LogP contribution in [0.25, 0.3) is 5.03 Å². The molecule has 3 rings (SSSR count). The number of benzene rings is 1. The van der Waals surface area contributed by atoms with Crippen molar-refractivity contribution in [3.63, 3.8) is 0 Å². The summed E-state index contributed by atoms with van der Waals surface area (Å²) in [6.07, 6.45) is 1.60. The topological polar surface area (TPSA) is 53.2 Å². The maximum absolute atomic E-state index is 13.0. The molecule has 116 valence electrons. The molecule has 4 nitrogen and oxygen atoms in total. The van der Waals surface area contributed by atoms with Gasteiger partial charge in [-0.15, -0.1) is 0 Å². The van der Waals surface area contributed by atoms with Gasteiger partial charge in [-0.25, -0.2) is 8.42 Å². The molecule has 22 heavy (non-hydrogen) atoms. The summed E-state index contributed by atoms with van der Waals surface area (Å²) in [6.45, 7) is 1.91. The van der Waals surface area contributed by atoms with E-state index in [9.17, 15) is 8.42 Å². The van der Waals surface area contributed by atoms with Gasteiger partial charge < -0.3 is 9.88 Å². The van der Waals surface area contributed by atoms with E-state index in [4.69, 9.17) is 23.2 Å². The fourth-order valence-corrected chi connectivity index (χ4v) is 4.87. The molecule has 0 amide bonds. The Kier molecular flexibility index (Phi) is 3.75. The number of rotatable bonds is 2. The second-order valence-electron chi connectivity index (χ2n) is 5.30. The van der Waals surface area contributed by atoms with E-state index in [1.165, 1.54) is 0 Å². The molecule has 1 aliphatic rings. The number of aromatic amines is 1. The smallest absolute Gasteiger partial charge is 0.205 e. The highest BCUT2D eigenvalue weighted by molar-refractivity contribution is 7.91. The lowest BCUT2D eigenvalue weighted by Gasteiger charge is -2.30. The molecule has 1 aromatic heterocycles. The van der Waals surface area contributed by atoms with E-state index in [1.807, 2.05) is 6.92 Å². The van der Waals surface area contributed by atoms with Gasteiger partial charge in [0.25, 0.3) is 0 Å². The Labute approximate surface area is 139 Å². The van der Waals surface area contributed by atoms with Gasteiger partial charge in [0.15, 0.2) is 5.37 Å². The van der Waals surface area contributed by atoms with Crippen molar-refractivity contribution >= 4 is 38.1 Å². The number of aryl methyl sites for hydroxylation is 1. The van der Waals surface area contributed by atoms with Gasteiger partial charge in [-0.3, -0.25) is 0 Å². The average Bonchev–Trinajstić information content (AvgIpc) is 2.80. The van der Waals surface area contributed by atoms with E-state index >= 15 is 0 Å². The third kappa shape index (κ3) is 2.43. The summed E-state index contributed by atoms with van der Waals surface area (Å²) in [5.74, 6) is 0. The van der Waals surface area contributed by atoms with E-state index in [2.05, 4.69) is 4.98 Å². The molecule has 0 bridgehead atoms. The fourth-order valence-electron chi connectivity index (χ4n) is 2.58. The number of fused-ring (bicyclic) bond motifs is 1. The van der Waals surface area contributed by atoms with Crippen LogP contribution in [0.4, 0.5) is 0 Å². The molecule has 2 aromatic rings. The first kappa shape index (κ1) is 15.5. The monoisotopic (exact) mass is 356 g/mol. The van der Waals surface area contributed by atoms with Crippen LogP contribution in [0, 0.1) is 6.92 Å². The molecule has 1 aliphatic heterocycles. The molecule has 0 spiro atoms. The van der Waals surface area contributed by atoms with Gasteiger partial charge in [0.05, 0.1) is 15.6 Å². The molecule has 1 aromatic carbocycles. The average molecular weight is 357 g/mol. The Bertz CT molecular complexity index is 854. The maximum atomic E-state index is 13.0. The summed E-state index contributed by atoms with van der Waals surface area (Å²) in [4.78, 5) is 4.75. The Morgan fingerprint density at radius 1 is 1.18 bits per heavy atom. The van der Waals surface area contributed by atoms with Crippen molar-refractivity contribution in [1.29, 1.82) is 0 Å². The van der Waals surface area contributed by atoms with Gasteiger partial charge in [0, 0.05) is 18.8 Å². The molecule has 7 heteroatoms. The number of halogens is 2. The summed E-state index contributed by atoms with van der Waals surface area (Å²) < 4.78 is 26.0. The summed E-state index contributed by atoms with van der Waals surface area (Å²) in [6, 6.07) is 8.42. The number of aromatic nitrogens is 1. The van der Waals surface area contributed by atoms with E-state index in [-0.39, 0.29) is 4.90 Å². The van der Waals surface area contributed by atoms with Crippen LogP contribution < -0.4 is 0 Å². The Morgan fingerprint density at radius 3 is 2.45 bits per heavy atom. The van der Waals surface area contributed by atoms with Crippen molar-refractivity contribution in [1.82, 2.24) is 9.88 Å². The number of nitrogens with zero attached hydrogens (tertiary/aromatic N) is 1. The van der Waals surface area contributed by atoms with E-state index in [0.717, 1.165) is 5.56 Å². The molecule has 0 saturated carbocycles. The highest BCUT2D eigenvalue weighted by Gasteiger charge is 2.37. The standard InChI is InChI=1S/C15H14Cl2N2O2S/c1-9-3-5-10(6-4-9)22(20,21)15-14-11(7-13(17)18-14)12(16)8-19(15)2/h3-8,15,18H,1-2H3. The van der Waals surface area contributed by atoms with E-state index < -0.39 is 15.2 Å². The highest BCUT2D eigenvalue weighted by Crippen LogP contribution is 2.41. The van der Waals surface area contributed by atoms with Gasteiger partial charge >= 0.3 is 0 Å². The molecule has 1 atom stereocenters. The molecular weight excluding hydrogens is 343 g/mol. The zero-order chi connectivity index (χ0) is 16.1. The quantitative estimate of drug-likeness (QED) is 0.886. The minimum atomic E-state index is -3.62. The Morgan fingerprint density at radius 2 is 1.82 bits per heavy atom. The van der Waals surface area contributed by atoms with Crippen LogP contribution in [0.1, 0.15) is 22.2 Å². The second kappa shape index (κ2) is 5.33. The van der Waals surface area contributed by atoms with Gasteiger partial charge in [-0.05, 0) is 25.1 Å². The van der Waals surface area contributed by atoms with Gasteiger partial charge in [0.1, 0.15) is 5.15 Å². The van der Waals surface area contributed by atoms with Crippen LogP contribution in [0.3, 0.4) is 0 Å². The first-order valence-electron chi connectivity index (χ1n) is 6.59. The van der Waals surface area contributed by atoms with Crippen molar-refractivity contribution in [3.8, 4) is 0 Å². The lowest BCUT2D eigenvalue weighted by molar-refractivity contribution is 0.402. The molecule has 0 radical (unpaired) electrons. The molecule has 0 saturated heterocycles. The van der Waals surface area contributed by atoms with E-state index in [1.54, 1.807) is 48.5 Å². The summed E-state index contributed by atoms with van der Waals surface area (Å²) in [5, 5.41) is -0.0767. The molecule has 1 N–H and O–H groups in total. The number of hydrogen-bond donors (Lipinski definition) is 1. The van der Waals surface area contributed by atoms with Crippen molar-refractivity contribution < 1.29 is 8.42 Å². The normalized spacial score (nSPS) is 18.1. The summed E-state index contributed by atoms with van der Waals surface area (Å²) >= 11 is 12.2. The zero-order valence-corrected chi connectivity index (χ0v) is 14.3.